The standard InChI is InChI=1S/C12H19NO/c1-5-13(6-2)11-9-7-8-10-12(3,4)14/h14H,5-6,11H2,1-4H3. The van der Waals surface area contributed by atoms with Crippen molar-refractivity contribution in [1.82, 2.24) is 4.90 Å². The van der Waals surface area contributed by atoms with Gasteiger partial charge in [-0.1, -0.05) is 25.7 Å². The minimum atomic E-state index is -0.941. The third-order valence-electron chi connectivity index (χ3n) is 1.72. The summed E-state index contributed by atoms with van der Waals surface area (Å²) in [6.45, 7) is 10.3. The monoisotopic (exact) mass is 193 g/mol. The van der Waals surface area contributed by atoms with Gasteiger partial charge in [0.1, 0.15) is 5.60 Å². The quantitative estimate of drug-likeness (QED) is 0.679. The molecule has 0 saturated heterocycles. The Kier molecular flexibility index (Phi) is 6.04. The van der Waals surface area contributed by atoms with Crippen LogP contribution < -0.4 is 0 Å². The minimum absolute atomic E-state index is 0.744. The molecule has 0 amide bonds. The summed E-state index contributed by atoms with van der Waals surface area (Å²) in [5.74, 6) is 11.0. The summed E-state index contributed by atoms with van der Waals surface area (Å²) in [6.07, 6.45) is 0. The van der Waals surface area contributed by atoms with Gasteiger partial charge in [-0.2, -0.15) is 0 Å². The second kappa shape index (κ2) is 6.49. The molecule has 0 unspecified atom stereocenters. The van der Waals surface area contributed by atoms with Crippen molar-refractivity contribution < 1.29 is 5.11 Å². The Morgan fingerprint density at radius 2 is 1.71 bits per heavy atom. The maximum Gasteiger partial charge on any atom is 0.120 e. The van der Waals surface area contributed by atoms with Crippen molar-refractivity contribution in [1.29, 1.82) is 0 Å². The molecule has 0 spiro atoms. The van der Waals surface area contributed by atoms with E-state index in [0.717, 1.165) is 19.6 Å². The molecule has 0 saturated carbocycles. The molecule has 0 radical (unpaired) electrons. The second-order valence-electron chi connectivity index (χ2n) is 3.57. The summed E-state index contributed by atoms with van der Waals surface area (Å²) in [5.41, 5.74) is -0.941. The van der Waals surface area contributed by atoms with E-state index >= 15 is 0 Å². The van der Waals surface area contributed by atoms with Crippen molar-refractivity contribution in [2.75, 3.05) is 19.6 Å². The third-order valence-corrected chi connectivity index (χ3v) is 1.72. The first-order chi connectivity index (χ1) is 6.49. The van der Waals surface area contributed by atoms with Gasteiger partial charge in [-0.25, -0.2) is 0 Å². The van der Waals surface area contributed by atoms with Crippen LogP contribution in [0.1, 0.15) is 27.7 Å². The van der Waals surface area contributed by atoms with Gasteiger partial charge in [0.25, 0.3) is 0 Å². The number of rotatable bonds is 3. The topological polar surface area (TPSA) is 23.5 Å². The molecule has 14 heavy (non-hydrogen) atoms. The summed E-state index contributed by atoms with van der Waals surface area (Å²) < 4.78 is 0. The fourth-order valence-corrected chi connectivity index (χ4v) is 0.827. The third kappa shape index (κ3) is 7.68. The Morgan fingerprint density at radius 1 is 1.14 bits per heavy atom. The Bertz CT molecular complexity index is 263. The normalized spacial score (nSPS) is 10.1. The van der Waals surface area contributed by atoms with Crippen molar-refractivity contribution in [2.45, 2.75) is 33.3 Å². The SMILES string of the molecule is CCN(CC)CC#CC#CC(C)(C)O. The number of nitrogens with zero attached hydrogens (tertiary/aromatic N) is 1. The predicted molar refractivity (Wildman–Crippen MR) is 59.6 cm³/mol. The van der Waals surface area contributed by atoms with Crippen molar-refractivity contribution in [3.63, 3.8) is 0 Å². The molecule has 0 fully saturated rings. The molecule has 78 valence electrons. The van der Waals surface area contributed by atoms with E-state index in [1.807, 2.05) is 0 Å². The van der Waals surface area contributed by atoms with Crippen LogP contribution in [0.4, 0.5) is 0 Å². The summed E-state index contributed by atoms with van der Waals surface area (Å²) in [6, 6.07) is 0. The average molecular weight is 193 g/mol. The predicted octanol–water partition coefficient (Wildman–Crippen LogP) is 1.11. The highest BCUT2D eigenvalue weighted by Gasteiger charge is 2.04. The van der Waals surface area contributed by atoms with Crippen LogP contribution in [0.2, 0.25) is 0 Å². The first-order valence-electron chi connectivity index (χ1n) is 4.94. The van der Waals surface area contributed by atoms with E-state index in [0.29, 0.717) is 0 Å². The van der Waals surface area contributed by atoms with E-state index in [2.05, 4.69) is 42.4 Å². The Balaban J connectivity index is 3.99. The van der Waals surface area contributed by atoms with Gasteiger partial charge in [0.2, 0.25) is 0 Å². The molecule has 0 heterocycles. The molecular weight excluding hydrogens is 174 g/mol. The lowest BCUT2D eigenvalue weighted by molar-refractivity contribution is 0.143. The lowest BCUT2D eigenvalue weighted by atomic mass is 10.1. The summed E-state index contributed by atoms with van der Waals surface area (Å²) in [7, 11) is 0. The van der Waals surface area contributed by atoms with Crippen molar-refractivity contribution in [3.8, 4) is 23.7 Å². The van der Waals surface area contributed by atoms with Crippen LogP contribution in [0.3, 0.4) is 0 Å². The molecule has 0 atom stereocenters. The van der Waals surface area contributed by atoms with Crippen molar-refractivity contribution in [3.05, 3.63) is 0 Å². The van der Waals surface area contributed by atoms with E-state index in [1.54, 1.807) is 13.8 Å². The maximum absolute atomic E-state index is 9.27. The molecule has 0 aliphatic carbocycles. The minimum Gasteiger partial charge on any atom is -0.378 e. The summed E-state index contributed by atoms with van der Waals surface area (Å²) in [4.78, 5) is 2.21. The first-order valence-corrected chi connectivity index (χ1v) is 4.94. The number of aliphatic hydroxyl groups is 1. The van der Waals surface area contributed by atoms with Crippen LogP contribution in [0.25, 0.3) is 0 Å². The van der Waals surface area contributed by atoms with Crippen LogP contribution in [0.15, 0.2) is 0 Å². The summed E-state index contributed by atoms with van der Waals surface area (Å²) >= 11 is 0. The van der Waals surface area contributed by atoms with Crippen molar-refractivity contribution in [2.24, 2.45) is 0 Å². The van der Waals surface area contributed by atoms with Crippen molar-refractivity contribution >= 4 is 0 Å². The Morgan fingerprint density at radius 3 is 2.14 bits per heavy atom. The zero-order chi connectivity index (χ0) is 11.0. The highest BCUT2D eigenvalue weighted by Crippen LogP contribution is 1.95. The van der Waals surface area contributed by atoms with Gasteiger partial charge in [0.05, 0.1) is 6.54 Å². The largest absolute Gasteiger partial charge is 0.378 e. The highest BCUT2D eigenvalue weighted by atomic mass is 16.3. The van der Waals surface area contributed by atoms with E-state index in [1.165, 1.54) is 0 Å². The molecular formula is C12H19NO. The molecule has 1 N–H and O–H groups in total. The average Bonchev–Trinajstić information content (AvgIpc) is 2.09. The fraction of sp³-hybridized carbons (Fsp3) is 0.667. The molecule has 0 aromatic rings. The van der Waals surface area contributed by atoms with Gasteiger partial charge in [-0.15, -0.1) is 0 Å². The van der Waals surface area contributed by atoms with Crippen LogP contribution in [-0.4, -0.2) is 35.2 Å². The first kappa shape index (κ1) is 13.0. The maximum atomic E-state index is 9.27. The number of hydrogen-bond acceptors (Lipinski definition) is 2. The zero-order valence-corrected chi connectivity index (χ0v) is 9.52. The van der Waals surface area contributed by atoms with Gasteiger partial charge in [-0.05, 0) is 38.8 Å². The van der Waals surface area contributed by atoms with Crippen LogP contribution in [-0.2, 0) is 0 Å². The molecule has 0 aromatic carbocycles. The van der Waals surface area contributed by atoms with Gasteiger partial charge in [0, 0.05) is 0 Å². The van der Waals surface area contributed by atoms with Crippen LogP contribution >= 0.6 is 0 Å². The summed E-state index contributed by atoms with van der Waals surface area (Å²) in [5, 5.41) is 9.27. The molecule has 0 rings (SSSR count). The molecule has 2 heteroatoms. The Hall–Kier alpha value is -0.960. The van der Waals surface area contributed by atoms with E-state index in [9.17, 15) is 5.11 Å². The molecule has 2 nitrogen and oxygen atoms in total. The second-order valence-corrected chi connectivity index (χ2v) is 3.57. The molecule has 0 aromatic heterocycles. The van der Waals surface area contributed by atoms with Crippen LogP contribution in [0.5, 0.6) is 0 Å². The lowest BCUT2D eigenvalue weighted by Crippen LogP contribution is -2.22. The van der Waals surface area contributed by atoms with E-state index < -0.39 is 5.60 Å². The van der Waals surface area contributed by atoms with E-state index in [4.69, 9.17) is 0 Å². The molecule has 0 bridgehead atoms. The smallest absolute Gasteiger partial charge is 0.120 e. The lowest BCUT2D eigenvalue weighted by Gasteiger charge is -2.12. The molecule has 0 aliphatic heterocycles. The Labute approximate surface area is 87.3 Å². The highest BCUT2D eigenvalue weighted by molar-refractivity contribution is 5.29. The van der Waals surface area contributed by atoms with Gasteiger partial charge < -0.3 is 5.11 Å². The van der Waals surface area contributed by atoms with Gasteiger partial charge in [-0.3, -0.25) is 4.90 Å². The van der Waals surface area contributed by atoms with Gasteiger partial charge in [0.15, 0.2) is 0 Å². The van der Waals surface area contributed by atoms with Crippen LogP contribution in [0, 0.1) is 23.7 Å². The van der Waals surface area contributed by atoms with E-state index in [-0.39, 0.29) is 0 Å². The fourth-order valence-electron chi connectivity index (χ4n) is 0.827. The molecule has 0 aliphatic rings. The zero-order valence-electron chi connectivity index (χ0n) is 9.52. The van der Waals surface area contributed by atoms with Gasteiger partial charge >= 0.3 is 0 Å². The number of hydrogen-bond donors (Lipinski definition) is 1.